The van der Waals surface area contributed by atoms with Crippen LogP contribution in [0.3, 0.4) is 0 Å². The van der Waals surface area contributed by atoms with Crippen molar-refractivity contribution in [2.45, 2.75) is 33.2 Å². The van der Waals surface area contributed by atoms with E-state index in [9.17, 15) is 9.90 Å². The lowest BCUT2D eigenvalue weighted by Gasteiger charge is -2.11. The van der Waals surface area contributed by atoms with Crippen molar-refractivity contribution in [3.05, 3.63) is 21.4 Å². The zero-order valence-corrected chi connectivity index (χ0v) is 10.1. The van der Waals surface area contributed by atoms with Gasteiger partial charge in [0.1, 0.15) is 5.51 Å². The Morgan fingerprint density at radius 3 is 3.06 bits per heavy atom. The molecule has 0 atom stereocenters. The van der Waals surface area contributed by atoms with E-state index >= 15 is 0 Å². The van der Waals surface area contributed by atoms with E-state index in [0.29, 0.717) is 11.5 Å². The topological polar surface area (TPSA) is 61.3 Å². The molecule has 0 aliphatic carbocycles. The van der Waals surface area contributed by atoms with Gasteiger partial charge in [0.2, 0.25) is 0 Å². The molecule has 2 rings (SSSR count). The van der Waals surface area contributed by atoms with E-state index in [1.54, 1.807) is 17.0 Å². The van der Waals surface area contributed by atoms with Crippen molar-refractivity contribution in [1.29, 1.82) is 0 Å². The number of hydrogen-bond donors (Lipinski definition) is 0. The van der Waals surface area contributed by atoms with Gasteiger partial charge in [-0.25, -0.2) is 9.36 Å². The lowest BCUT2D eigenvalue weighted by Crippen LogP contribution is -2.43. The molecule has 86 valence electrons. The first kappa shape index (κ1) is 11.1. The molecule has 0 aliphatic rings. The number of rotatable bonds is 3. The van der Waals surface area contributed by atoms with Crippen molar-refractivity contribution in [1.82, 2.24) is 9.61 Å². The number of aryl methyl sites for hydroxylation is 1. The highest BCUT2D eigenvalue weighted by atomic mass is 32.1. The Kier molecular flexibility index (Phi) is 2.91. The van der Waals surface area contributed by atoms with Crippen LogP contribution in [0.15, 0.2) is 10.3 Å². The van der Waals surface area contributed by atoms with Gasteiger partial charge in [-0.05, 0) is 29.2 Å². The van der Waals surface area contributed by atoms with Crippen LogP contribution in [-0.4, -0.2) is 9.61 Å². The fraction of sp³-hybridized carbons (Fsp3) is 0.500. The molecule has 2 aromatic rings. The zero-order valence-electron chi connectivity index (χ0n) is 9.27. The number of nitrogens with zero attached hydrogens (tertiary/aromatic N) is 3. The molecule has 0 aromatic carbocycles. The molecule has 5 nitrogen and oxygen atoms in total. The number of fused-ring (bicyclic) bond motifs is 1. The van der Waals surface area contributed by atoms with Gasteiger partial charge in [-0.2, -0.15) is 0 Å². The average molecular weight is 239 g/mol. The third kappa shape index (κ3) is 1.59. The Balaban J connectivity index is 2.70. The van der Waals surface area contributed by atoms with Gasteiger partial charge in [-0.1, -0.05) is 18.4 Å². The molecule has 0 aliphatic heterocycles. The van der Waals surface area contributed by atoms with Crippen molar-refractivity contribution >= 4 is 16.3 Å². The molecule has 0 radical (unpaired) electrons. The minimum Gasteiger partial charge on any atom is -0.842 e. The first-order valence-electron chi connectivity index (χ1n) is 5.22. The Hall–Kier alpha value is -1.43. The smallest absolute Gasteiger partial charge is 0.370 e. The average Bonchev–Trinajstić information content (AvgIpc) is 2.75. The van der Waals surface area contributed by atoms with Crippen molar-refractivity contribution < 1.29 is 9.67 Å². The maximum absolute atomic E-state index is 11.9. The first-order chi connectivity index (χ1) is 7.66. The highest BCUT2D eigenvalue weighted by molar-refractivity contribution is 7.14. The normalized spacial score (nSPS) is 11.1. The van der Waals surface area contributed by atoms with Crippen molar-refractivity contribution in [3.63, 3.8) is 0 Å². The summed E-state index contributed by atoms with van der Waals surface area (Å²) in [5.41, 5.74) is 1.51. The fourth-order valence-corrected chi connectivity index (χ4v) is 2.35. The van der Waals surface area contributed by atoms with Crippen LogP contribution in [0, 0.1) is 6.92 Å². The van der Waals surface area contributed by atoms with Crippen LogP contribution in [-0.2, 0) is 6.54 Å². The van der Waals surface area contributed by atoms with E-state index in [2.05, 4.69) is 12.0 Å². The number of unbranched alkanes of at least 4 members (excludes halogenated alkanes) is 1. The third-order valence-corrected chi connectivity index (χ3v) is 3.35. The Morgan fingerprint density at radius 1 is 1.62 bits per heavy atom. The molecule has 2 heterocycles. The molecule has 0 fully saturated rings. The van der Waals surface area contributed by atoms with Gasteiger partial charge in [0, 0.05) is 0 Å². The third-order valence-electron chi connectivity index (χ3n) is 2.55. The van der Waals surface area contributed by atoms with E-state index in [-0.39, 0.29) is 17.0 Å². The van der Waals surface area contributed by atoms with Crippen LogP contribution in [0.1, 0.15) is 25.3 Å². The highest BCUT2D eigenvalue weighted by Crippen LogP contribution is 2.08. The molecule has 0 saturated heterocycles. The lowest BCUT2D eigenvalue weighted by molar-refractivity contribution is -0.715. The molecule has 0 bridgehead atoms. The summed E-state index contributed by atoms with van der Waals surface area (Å²) in [7, 11) is 0. The van der Waals surface area contributed by atoms with Gasteiger partial charge in [-0.3, -0.25) is 0 Å². The maximum Gasteiger partial charge on any atom is 0.370 e. The Labute approximate surface area is 96.6 Å². The standard InChI is InChI=1S/C10H13N3O2S/c1-3-4-5-12-8(14)7(2)9(15)13-10(12)16-6-11-13/h6H,3-5H2,1-2H3. The highest BCUT2D eigenvalue weighted by Gasteiger charge is 2.18. The second-order valence-electron chi connectivity index (χ2n) is 3.67. The summed E-state index contributed by atoms with van der Waals surface area (Å²) in [6, 6.07) is 0. The van der Waals surface area contributed by atoms with E-state index in [1.807, 2.05) is 0 Å². The summed E-state index contributed by atoms with van der Waals surface area (Å²) >= 11 is 1.32. The first-order valence-corrected chi connectivity index (χ1v) is 6.10. The number of aromatic nitrogens is 3. The summed E-state index contributed by atoms with van der Waals surface area (Å²) in [4.78, 5) is 12.3. The van der Waals surface area contributed by atoms with Gasteiger partial charge in [0.15, 0.2) is 0 Å². The van der Waals surface area contributed by atoms with Gasteiger partial charge in [0.25, 0.3) is 0 Å². The van der Waals surface area contributed by atoms with Crippen LogP contribution < -0.4 is 15.2 Å². The largest absolute Gasteiger partial charge is 0.842 e. The van der Waals surface area contributed by atoms with Crippen LogP contribution in [0.2, 0.25) is 0 Å². The summed E-state index contributed by atoms with van der Waals surface area (Å²) in [6.45, 7) is 4.26. The van der Waals surface area contributed by atoms with Crippen molar-refractivity contribution in [2.75, 3.05) is 0 Å². The van der Waals surface area contributed by atoms with E-state index in [4.69, 9.17) is 0 Å². The zero-order chi connectivity index (χ0) is 11.7. The summed E-state index contributed by atoms with van der Waals surface area (Å²) in [5.74, 6) is -0.192. The second kappa shape index (κ2) is 4.21. The molecule has 16 heavy (non-hydrogen) atoms. The van der Waals surface area contributed by atoms with Gasteiger partial charge in [-0.15, -0.1) is 0 Å². The van der Waals surface area contributed by atoms with E-state index in [1.165, 1.54) is 15.9 Å². The monoisotopic (exact) mass is 239 g/mol. The van der Waals surface area contributed by atoms with E-state index < -0.39 is 0 Å². The van der Waals surface area contributed by atoms with Crippen molar-refractivity contribution in [3.8, 4) is 5.88 Å². The molecule has 0 amide bonds. The van der Waals surface area contributed by atoms with Crippen molar-refractivity contribution in [2.24, 2.45) is 0 Å². The summed E-state index contributed by atoms with van der Waals surface area (Å²) < 4.78 is 2.94. The van der Waals surface area contributed by atoms with Crippen LogP contribution in [0.4, 0.5) is 0 Å². The minimum atomic E-state index is -0.311. The molecule has 0 spiro atoms. The predicted molar refractivity (Wildman–Crippen MR) is 58.6 cm³/mol. The van der Waals surface area contributed by atoms with Crippen LogP contribution in [0.5, 0.6) is 5.88 Å². The predicted octanol–water partition coefficient (Wildman–Crippen LogP) is 0.226. The number of hydrogen-bond acceptors (Lipinski definition) is 4. The molecular formula is C10H13N3O2S. The molecule has 0 N–H and O–H groups in total. The molecule has 0 saturated carbocycles. The SMILES string of the molecule is CCCC[n+]1c([O-])c(C)c(=O)n2ncsc21. The molecule has 6 heteroatoms. The quantitative estimate of drug-likeness (QED) is 0.720. The van der Waals surface area contributed by atoms with Crippen LogP contribution >= 0.6 is 11.3 Å². The summed E-state index contributed by atoms with van der Waals surface area (Å²) in [5, 5.41) is 15.9. The Morgan fingerprint density at radius 2 is 2.38 bits per heavy atom. The second-order valence-corrected chi connectivity index (χ2v) is 4.49. The fourth-order valence-electron chi connectivity index (χ4n) is 1.59. The lowest BCUT2D eigenvalue weighted by atomic mass is 10.3. The summed E-state index contributed by atoms with van der Waals surface area (Å²) in [6.07, 6.45) is 1.93. The van der Waals surface area contributed by atoms with Gasteiger partial charge < -0.3 is 5.11 Å². The molecule has 2 aromatic heterocycles. The van der Waals surface area contributed by atoms with Crippen LogP contribution in [0.25, 0.3) is 4.96 Å². The minimum absolute atomic E-state index is 0.192. The Bertz CT molecular complexity index is 573. The van der Waals surface area contributed by atoms with Gasteiger partial charge >= 0.3 is 10.5 Å². The molecular weight excluding hydrogens is 226 g/mol. The van der Waals surface area contributed by atoms with E-state index in [0.717, 1.165) is 12.8 Å². The van der Waals surface area contributed by atoms with Gasteiger partial charge in [0.05, 0.1) is 18.0 Å². The molecule has 0 unspecified atom stereocenters. The maximum atomic E-state index is 11.9.